The highest BCUT2D eigenvalue weighted by molar-refractivity contribution is 6.32. The van der Waals surface area contributed by atoms with E-state index in [1.165, 1.54) is 23.8 Å². The second-order valence-corrected chi connectivity index (χ2v) is 16.2. The molecule has 10 rings (SSSR count). The van der Waals surface area contributed by atoms with Gasteiger partial charge in [-0.2, -0.15) is 0 Å². The Bertz CT molecular complexity index is 3320. The molecule has 0 spiro atoms. The number of aromatic hydroxyl groups is 1. The summed E-state index contributed by atoms with van der Waals surface area (Å²) in [5.41, 5.74) is 7.06. The van der Waals surface area contributed by atoms with Gasteiger partial charge in [-0.15, -0.1) is 0 Å². The van der Waals surface area contributed by atoms with E-state index in [0.717, 1.165) is 59.1 Å². The zero-order valence-corrected chi connectivity index (χ0v) is 42.1. The number of phenolic OH excluding ortho intramolecular Hbond substituents is 1. The van der Waals surface area contributed by atoms with Crippen LogP contribution in [0.1, 0.15) is 78.3 Å². The van der Waals surface area contributed by atoms with Crippen LogP contribution in [0.15, 0.2) is 241 Å². The number of ether oxygens (including phenoxy) is 1. The maximum Gasteiger partial charge on any atom is 0.185 e. The number of aromatic nitrogens is 1. The molecule has 10 aromatic rings. The Labute approximate surface area is 449 Å². The highest BCUT2D eigenvalue weighted by Crippen LogP contribution is 2.19. The number of rotatable bonds is 11. The van der Waals surface area contributed by atoms with Crippen molar-refractivity contribution >= 4 is 78.0 Å². The first-order chi connectivity index (χ1) is 37.1. The molecule has 2 aromatic heterocycles. The van der Waals surface area contributed by atoms with Crippen LogP contribution in [-0.4, -0.2) is 54.1 Å². The summed E-state index contributed by atoms with van der Waals surface area (Å²) in [6.07, 6.45) is 10.4. The Morgan fingerprint density at radius 1 is 0.434 bits per heavy atom. The molecule has 380 valence electrons. The van der Waals surface area contributed by atoms with Crippen LogP contribution in [0, 0.1) is 0 Å². The van der Waals surface area contributed by atoms with Crippen LogP contribution in [0.5, 0.6) is 11.5 Å². The average Bonchev–Trinajstić information content (AvgIpc) is 4.03. The summed E-state index contributed by atoms with van der Waals surface area (Å²) in [6, 6.07) is 65.2. The molecule has 0 saturated heterocycles. The molecule has 0 radical (unpaired) electrons. The van der Waals surface area contributed by atoms with Crippen LogP contribution in [-0.2, 0) is 6.61 Å². The molecular formula is C63H49Cl2NO10. The lowest BCUT2D eigenvalue weighted by molar-refractivity contribution is 0.109. The van der Waals surface area contributed by atoms with Crippen molar-refractivity contribution in [2.75, 3.05) is 0 Å². The van der Waals surface area contributed by atoms with Gasteiger partial charge in [-0.25, -0.2) is 0 Å². The van der Waals surface area contributed by atoms with Gasteiger partial charge in [0.05, 0.1) is 11.3 Å². The Balaban J connectivity index is 0.000000195. The van der Waals surface area contributed by atoms with Gasteiger partial charge in [0.2, 0.25) is 0 Å². The SMILES string of the molecule is O=Cc1ccc(-c2ccncc2)cc1.O=Cc1ccc(Cl)cc1.O=Cc1ccc2ccccc2c1.O=Cc1cccc(O)c1.O=Cc1cccc(OCc2ccccc2)c1.O=Cc1ccccc1Cl.O=Cc1ccco1. The van der Waals surface area contributed by atoms with Gasteiger partial charge in [-0.1, -0.05) is 169 Å². The van der Waals surface area contributed by atoms with Crippen molar-refractivity contribution in [3.8, 4) is 22.6 Å². The predicted octanol–water partition coefficient (Wildman–Crippen LogP) is 14.9. The van der Waals surface area contributed by atoms with E-state index in [1.54, 1.807) is 97.3 Å². The van der Waals surface area contributed by atoms with E-state index in [1.807, 2.05) is 121 Å². The summed E-state index contributed by atoms with van der Waals surface area (Å²) >= 11 is 11.1. The van der Waals surface area contributed by atoms with Gasteiger partial charge in [0.15, 0.2) is 18.3 Å². The van der Waals surface area contributed by atoms with Gasteiger partial charge in [-0.3, -0.25) is 38.5 Å². The monoisotopic (exact) mass is 1050 g/mol. The quantitative estimate of drug-likeness (QED) is 0.122. The van der Waals surface area contributed by atoms with Crippen molar-refractivity contribution in [3.63, 3.8) is 0 Å². The van der Waals surface area contributed by atoms with Crippen molar-refractivity contribution < 1.29 is 47.8 Å². The summed E-state index contributed by atoms with van der Waals surface area (Å²) in [6.45, 7) is 0.517. The van der Waals surface area contributed by atoms with Gasteiger partial charge < -0.3 is 14.3 Å². The lowest BCUT2D eigenvalue weighted by Gasteiger charge is -2.06. The number of carbonyl (C=O) groups excluding carboxylic acids is 7. The van der Waals surface area contributed by atoms with Gasteiger partial charge in [0.1, 0.15) is 49.5 Å². The van der Waals surface area contributed by atoms with Crippen molar-refractivity contribution in [2.24, 2.45) is 0 Å². The first-order valence-corrected chi connectivity index (χ1v) is 23.6. The van der Waals surface area contributed by atoms with Gasteiger partial charge in [0.25, 0.3) is 0 Å². The fourth-order valence-electron chi connectivity index (χ4n) is 6.07. The molecule has 8 aromatic carbocycles. The van der Waals surface area contributed by atoms with Crippen LogP contribution in [0.3, 0.4) is 0 Å². The van der Waals surface area contributed by atoms with E-state index >= 15 is 0 Å². The summed E-state index contributed by atoms with van der Waals surface area (Å²) in [7, 11) is 0. The van der Waals surface area contributed by atoms with Gasteiger partial charge in [-0.05, 0) is 100 Å². The van der Waals surface area contributed by atoms with E-state index in [4.69, 9.17) is 33.0 Å². The lowest BCUT2D eigenvalue weighted by atomic mass is 10.1. The zero-order chi connectivity index (χ0) is 54.6. The van der Waals surface area contributed by atoms with Gasteiger partial charge >= 0.3 is 0 Å². The summed E-state index contributed by atoms with van der Waals surface area (Å²) in [4.78, 5) is 75.5. The minimum atomic E-state index is 0.125. The Morgan fingerprint density at radius 3 is 1.51 bits per heavy atom. The van der Waals surface area contributed by atoms with Crippen LogP contribution in [0.2, 0.25) is 10.0 Å². The maximum atomic E-state index is 10.6. The third-order valence-electron chi connectivity index (χ3n) is 9.92. The number of nitrogens with zero attached hydrogens (tertiary/aromatic N) is 1. The largest absolute Gasteiger partial charge is 0.508 e. The fourth-order valence-corrected chi connectivity index (χ4v) is 6.37. The topological polar surface area (TPSA) is 175 Å². The first kappa shape index (κ1) is 58.9. The van der Waals surface area contributed by atoms with Crippen molar-refractivity contribution in [1.82, 2.24) is 4.98 Å². The zero-order valence-electron chi connectivity index (χ0n) is 40.6. The first-order valence-electron chi connectivity index (χ1n) is 22.9. The Morgan fingerprint density at radius 2 is 0.974 bits per heavy atom. The smallest absolute Gasteiger partial charge is 0.185 e. The van der Waals surface area contributed by atoms with Gasteiger partial charge in [0, 0.05) is 50.8 Å². The summed E-state index contributed by atoms with van der Waals surface area (Å²) in [5.74, 6) is 1.22. The molecule has 0 aliphatic carbocycles. The molecule has 0 aliphatic rings. The number of aldehydes is 7. The molecule has 1 N–H and O–H groups in total. The third-order valence-corrected chi connectivity index (χ3v) is 10.5. The molecule has 11 nitrogen and oxygen atoms in total. The minimum Gasteiger partial charge on any atom is -0.508 e. The van der Waals surface area contributed by atoms with E-state index < -0.39 is 0 Å². The van der Waals surface area contributed by atoms with Crippen LogP contribution >= 0.6 is 23.2 Å². The molecule has 0 fully saturated rings. The second kappa shape index (κ2) is 34.6. The van der Waals surface area contributed by atoms with Crippen LogP contribution in [0.4, 0.5) is 0 Å². The normalized spacial score (nSPS) is 9.39. The van der Waals surface area contributed by atoms with Crippen LogP contribution < -0.4 is 4.74 Å². The minimum absolute atomic E-state index is 0.125. The molecule has 0 amide bonds. The third kappa shape index (κ3) is 22.4. The van der Waals surface area contributed by atoms with Crippen LogP contribution in [0.25, 0.3) is 21.9 Å². The number of hydrogen-bond donors (Lipinski definition) is 1. The van der Waals surface area contributed by atoms with Crippen molar-refractivity contribution in [3.05, 3.63) is 292 Å². The summed E-state index contributed by atoms with van der Waals surface area (Å²) < 4.78 is 10.2. The number of pyridine rings is 1. The number of hydrogen-bond acceptors (Lipinski definition) is 11. The number of fused-ring (bicyclic) bond motifs is 1. The molecule has 2 heterocycles. The molecule has 13 heteroatoms. The number of furan rings is 1. The predicted molar refractivity (Wildman–Crippen MR) is 298 cm³/mol. The highest BCUT2D eigenvalue weighted by Gasteiger charge is 1.99. The number of halogens is 2. The van der Waals surface area contributed by atoms with E-state index in [-0.39, 0.29) is 5.75 Å². The molecule has 0 unspecified atom stereocenters. The Hall–Kier alpha value is -9.68. The fraction of sp³-hybridized carbons (Fsp3) is 0.0159. The summed E-state index contributed by atoms with van der Waals surface area (Å²) in [5, 5.41) is 12.2. The second-order valence-electron chi connectivity index (χ2n) is 15.3. The molecule has 76 heavy (non-hydrogen) atoms. The lowest BCUT2D eigenvalue weighted by Crippen LogP contribution is -1.95. The van der Waals surface area contributed by atoms with Crippen molar-refractivity contribution in [1.29, 1.82) is 0 Å². The van der Waals surface area contributed by atoms with E-state index in [2.05, 4.69) is 9.40 Å². The average molecular weight is 1050 g/mol. The van der Waals surface area contributed by atoms with E-state index in [0.29, 0.717) is 68.6 Å². The standard InChI is InChI=1S/C14H12O2.C12H9NO.C11H8O.2C7H5ClO.C7H6O2.C5H4O2/c15-10-13-7-4-8-14(9-13)16-11-12-5-2-1-3-6-12;14-9-10-1-3-11(4-2-10)12-5-7-13-8-6-12;12-8-9-5-6-10-3-1-2-4-11(10)7-9;8-7-3-1-6(5-9)2-4-7;8-7-4-2-1-3-6(7)5-9;8-5-6-2-1-3-7(9)4-6;6-4-5-2-1-3-7-5/h1-10H,11H2;1-9H;1-8H;2*1-5H;1-5,9H;1-4H. The molecule has 0 atom stereocenters. The molecule has 0 bridgehead atoms. The number of benzene rings is 8. The number of phenols is 1. The number of carbonyl (C=O) groups is 7. The Kier molecular flexibility index (Phi) is 26.8. The molecule has 0 aliphatic heterocycles. The van der Waals surface area contributed by atoms with E-state index in [9.17, 15) is 33.6 Å². The highest BCUT2D eigenvalue weighted by atomic mass is 35.5. The maximum absolute atomic E-state index is 10.6. The molecular weight excluding hydrogens is 1000 g/mol. The van der Waals surface area contributed by atoms with Crippen molar-refractivity contribution in [2.45, 2.75) is 6.61 Å². The molecule has 0 saturated carbocycles.